The lowest BCUT2D eigenvalue weighted by Gasteiger charge is -1.79. The molecule has 0 rings (SSSR count). The van der Waals surface area contributed by atoms with Crippen LogP contribution in [0.2, 0.25) is 0 Å². The van der Waals surface area contributed by atoms with Crippen LogP contribution in [0.5, 0.6) is 0 Å². The van der Waals surface area contributed by atoms with Crippen LogP contribution in [0.15, 0.2) is 17.3 Å². The highest BCUT2D eigenvalue weighted by molar-refractivity contribution is 6.28. The molecule has 3 nitrogen and oxygen atoms in total. The van der Waals surface area contributed by atoms with E-state index >= 15 is 0 Å². The summed E-state index contributed by atoms with van der Waals surface area (Å²) in [6.07, 6.45) is 4.72. The van der Waals surface area contributed by atoms with Crippen molar-refractivity contribution in [2.75, 3.05) is 7.11 Å². The van der Waals surface area contributed by atoms with Crippen LogP contribution in [0, 0.1) is 5.41 Å². The van der Waals surface area contributed by atoms with Gasteiger partial charge in [0, 0.05) is 12.4 Å². The van der Waals surface area contributed by atoms with Crippen LogP contribution >= 0.6 is 11.9 Å². The summed E-state index contributed by atoms with van der Waals surface area (Å²) in [7, 11) is 1.39. The Bertz CT molecular complexity index is 145. The number of hydrogen-bond donors (Lipinski definition) is 1. The van der Waals surface area contributed by atoms with Crippen molar-refractivity contribution in [3.8, 4) is 0 Å². The number of rotatable bonds is 2. The first kappa shape index (κ1) is 18.2. The highest BCUT2D eigenvalue weighted by atomic mass is 35.5. The lowest BCUT2D eigenvalue weighted by atomic mass is 10.5. The van der Waals surface area contributed by atoms with Gasteiger partial charge in [-0.05, 0) is 13.8 Å². The van der Waals surface area contributed by atoms with E-state index in [1.54, 1.807) is 13.1 Å². The van der Waals surface area contributed by atoms with Gasteiger partial charge in [-0.15, -0.1) is 0 Å². The molecule has 0 aromatic rings. The van der Waals surface area contributed by atoms with Gasteiger partial charge in [0.15, 0.2) is 0 Å². The van der Waals surface area contributed by atoms with Gasteiger partial charge in [-0.3, -0.25) is 9.28 Å². The number of nitrogens with one attached hydrogen (secondary N) is 1. The number of allylic oxidation sites excluding steroid dienone is 1. The van der Waals surface area contributed by atoms with E-state index in [0.29, 0.717) is 0 Å². The van der Waals surface area contributed by atoms with Crippen LogP contribution in [-0.4, -0.2) is 19.0 Å². The van der Waals surface area contributed by atoms with E-state index in [2.05, 4.69) is 21.1 Å². The first-order valence-corrected chi connectivity index (χ1v) is 4.34. The second-order valence-electron chi connectivity index (χ2n) is 1.55. The molecule has 0 saturated carbocycles. The smallest absolute Gasteiger partial charge is 0.0606 e. The highest BCUT2D eigenvalue weighted by Crippen LogP contribution is 1.74. The van der Waals surface area contributed by atoms with E-state index in [4.69, 9.17) is 5.41 Å². The van der Waals surface area contributed by atoms with Gasteiger partial charge < -0.3 is 5.41 Å². The molecule has 78 valence electrons. The zero-order valence-electron chi connectivity index (χ0n) is 8.97. The minimum Gasteiger partial charge on any atom is -0.307 e. The molecule has 0 heterocycles. The van der Waals surface area contributed by atoms with Crippen LogP contribution < -0.4 is 0 Å². The topological polar surface area (TPSA) is 45.4 Å². The molecule has 1 N–H and O–H groups in total. The number of aliphatic imine (C=N–C) groups is 1. The molecule has 0 spiro atoms. The Kier molecular flexibility index (Phi) is 31.5. The van der Waals surface area contributed by atoms with Crippen molar-refractivity contribution in [3.63, 3.8) is 0 Å². The maximum absolute atomic E-state index is 6.70. The van der Waals surface area contributed by atoms with E-state index in [1.807, 2.05) is 26.8 Å². The minimum absolute atomic E-state index is 0.725. The molecule has 0 fully saturated rings. The zero-order valence-corrected chi connectivity index (χ0v) is 9.72. The molecular weight excluding hydrogens is 188 g/mol. The van der Waals surface area contributed by atoms with E-state index in [-0.39, 0.29) is 0 Å². The molecule has 0 aliphatic rings. The fraction of sp³-hybridized carbons (Fsp3) is 0.556. The molecule has 13 heavy (non-hydrogen) atoms. The third kappa shape index (κ3) is 34.7. The van der Waals surface area contributed by atoms with E-state index < -0.39 is 0 Å². The van der Waals surface area contributed by atoms with Gasteiger partial charge in [-0.25, -0.2) is 0 Å². The first-order valence-electron chi connectivity index (χ1n) is 4.03. The highest BCUT2D eigenvalue weighted by Gasteiger charge is 1.73. The summed E-state index contributed by atoms with van der Waals surface area (Å²) in [6.45, 7) is 7.67. The minimum atomic E-state index is 0.725. The number of halogens is 1. The fourth-order valence-electron chi connectivity index (χ4n) is 0.229. The molecule has 0 amide bonds. The van der Waals surface area contributed by atoms with Gasteiger partial charge in [-0.2, -0.15) is 0 Å². The first-order chi connectivity index (χ1) is 6.22. The van der Waals surface area contributed by atoms with Crippen molar-refractivity contribution < 1.29 is 4.29 Å². The summed E-state index contributed by atoms with van der Waals surface area (Å²) >= 11 is 4.50. The fourth-order valence-corrected chi connectivity index (χ4v) is 0.229. The van der Waals surface area contributed by atoms with Crippen LogP contribution in [-0.2, 0) is 4.29 Å². The van der Waals surface area contributed by atoms with Gasteiger partial charge in [0.25, 0.3) is 0 Å². The molecule has 0 bridgehead atoms. The molecule has 0 radical (unpaired) electrons. The second kappa shape index (κ2) is 22.5. The Morgan fingerprint density at radius 2 is 1.85 bits per heavy atom. The summed E-state index contributed by atoms with van der Waals surface area (Å²) in [5.74, 6) is 0. The van der Waals surface area contributed by atoms with Crippen LogP contribution in [0.25, 0.3) is 0 Å². The van der Waals surface area contributed by atoms with Gasteiger partial charge in [0.2, 0.25) is 0 Å². The third-order valence-corrected chi connectivity index (χ3v) is 0.636. The van der Waals surface area contributed by atoms with Crippen LogP contribution in [0.4, 0.5) is 0 Å². The largest absolute Gasteiger partial charge is 0.307 e. The summed E-state index contributed by atoms with van der Waals surface area (Å²) < 4.78 is 3.72. The van der Waals surface area contributed by atoms with Crippen molar-refractivity contribution in [1.82, 2.24) is 0 Å². The number of hydrogen-bond acceptors (Lipinski definition) is 3. The van der Waals surface area contributed by atoms with Crippen LogP contribution in [0.3, 0.4) is 0 Å². The Hall–Kier alpha value is -0.670. The van der Waals surface area contributed by atoms with E-state index in [9.17, 15) is 0 Å². The summed E-state index contributed by atoms with van der Waals surface area (Å²) in [4.78, 5) is 3.85. The molecule has 0 aliphatic carbocycles. The lowest BCUT2D eigenvalue weighted by molar-refractivity contribution is 0.463. The van der Waals surface area contributed by atoms with Crippen molar-refractivity contribution >= 4 is 23.8 Å². The third-order valence-electron chi connectivity index (χ3n) is 0.636. The Morgan fingerprint density at radius 3 is 2.08 bits per heavy atom. The van der Waals surface area contributed by atoms with Gasteiger partial charge in [0.1, 0.15) is 0 Å². The SMILES string of the molecule is C/C=C\N=C(C)C=N.CC.COCl. The standard InChI is InChI=1S/C6H10N2.C2H6.CH3ClO/c1-3-4-8-6(2)5-7;1-2;1-3-2/h3-5,7H,1-2H3;1-2H3;1H3/b4-3-,7-5?,8-6?;;. The summed E-state index contributed by atoms with van der Waals surface area (Å²) in [5, 5.41) is 6.70. The second-order valence-corrected chi connectivity index (χ2v) is 1.86. The normalized spacial score (nSPS) is 9.54. The van der Waals surface area contributed by atoms with Crippen molar-refractivity contribution in [2.45, 2.75) is 27.7 Å². The Morgan fingerprint density at radius 1 is 1.46 bits per heavy atom. The monoisotopic (exact) mass is 206 g/mol. The van der Waals surface area contributed by atoms with Gasteiger partial charge in [-0.1, -0.05) is 19.9 Å². The number of nitrogens with zero attached hydrogens (tertiary/aromatic N) is 1. The molecule has 0 unspecified atom stereocenters. The average Bonchev–Trinajstić information content (AvgIpc) is 2.18. The maximum atomic E-state index is 6.70. The summed E-state index contributed by atoms with van der Waals surface area (Å²) in [5.41, 5.74) is 0.725. The van der Waals surface area contributed by atoms with Gasteiger partial charge >= 0.3 is 0 Å². The molecule has 0 atom stereocenters. The van der Waals surface area contributed by atoms with E-state index in [1.165, 1.54) is 13.3 Å². The van der Waals surface area contributed by atoms with E-state index in [0.717, 1.165) is 5.71 Å². The van der Waals surface area contributed by atoms with Crippen molar-refractivity contribution in [2.24, 2.45) is 4.99 Å². The maximum Gasteiger partial charge on any atom is 0.0606 e. The Labute approximate surface area is 86.2 Å². The van der Waals surface area contributed by atoms with Gasteiger partial charge in [0.05, 0.1) is 24.7 Å². The quantitative estimate of drug-likeness (QED) is 0.692. The predicted octanol–water partition coefficient (Wildman–Crippen LogP) is 3.44. The lowest BCUT2D eigenvalue weighted by Crippen LogP contribution is -1.87. The molecule has 0 saturated heterocycles. The zero-order chi connectivity index (χ0) is 11.1. The van der Waals surface area contributed by atoms with Crippen molar-refractivity contribution in [1.29, 1.82) is 5.41 Å². The molecule has 0 aromatic heterocycles. The molecular formula is C9H19ClN2O. The summed E-state index contributed by atoms with van der Waals surface area (Å²) in [6, 6.07) is 0. The van der Waals surface area contributed by atoms with Crippen molar-refractivity contribution in [3.05, 3.63) is 12.3 Å². The average molecular weight is 207 g/mol. The predicted molar refractivity (Wildman–Crippen MR) is 60.9 cm³/mol. The molecule has 0 aliphatic heterocycles. The van der Waals surface area contributed by atoms with Crippen LogP contribution in [0.1, 0.15) is 27.7 Å². The molecule has 4 heteroatoms. The molecule has 0 aromatic carbocycles. The Balaban J connectivity index is -0.000000169.